The predicted octanol–water partition coefficient (Wildman–Crippen LogP) is 1.41. The number of alkyl halides is 2. The van der Waals surface area contributed by atoms with Gasteiger partial charge in [-0.25, -0.2) is 13.6 Å². The molecule has 0 aliphatic heterocycles. The third kappa shape index (κ3) is 2.20. The standard InChI is InChI=1S/C9H9F2NO3/c1-4-3-5(7(10)11)6(9(14)15-2)12-8(4)13/h3,7H,1-2H3,(H,12,13). The quantitative estimate of drug-likeness (QED) is 0.762. The van der Waals surface area contributed by atoms with Gasteiger partial charge in [0.25, 0.3) is 12.0 Å². The number of hydrogen-bond acceptors (Lipinski definition) is 3. The highest BCUT2D eigenvalue weighted by molar-refractivity contribution is 5.88. The number of ether oxygens (including phenoxy) is 1. The molecule has 1 aromatic heterocycles. The minimum Gasteiger partial charge on any atom is -0.464 e. The van der Waals surface area contributed by atoms with Crippen molar-refractivity contribution in [3.63, 3.8) is 0 Å². The van der Waals surface area contributed by atoms with Gasteiger partial charge in [0, 0.05) is 11.1 Å². The number of halogens is 2. The lowest BCUT2D eigenvalue weighted by atomic mass is 10.1. The lowest BCUT2D eigenvalue weighted by Crippen LogP contribution is -2.19. The van der Waals surface area contributed by atoms with Crippen LogP contribution in [0.2, 0.25) is 0 Å². The molecule has 4 nitrogen and oxygen atoms in total. The van der Waals surface area contributed by atoms with Crippen LogP contribution in [0, 0.1) is 6.92 Å². The molecule has 0 atom stereocenters. The van der Waals surface area contributed by atoms with E-state index in [0.717, 1.165) is 13.2 Å². The topological polar surface area (TPSA) is 59.2 Å². The van der Waals surface area contributed by atoms with Gasteiger partial charge in [-0.3, -0.25) is 4.79 Å². The van der Waals surface area contributed by atoms with Gasteiger partial charge in [-0.2, -0.15) is 0 Å². The summed E-state index contributed by atoms with van der Waals surface area (Å²) in [6.45, 7) is 1.38. The average Bonchev–Trinajstić information content (AvgIpc) is 2.20. The summed E-state index contributed by atoms with van der Waals surface area (Å²) in [6.07, 6.45) is -2.84. The minimum atomic E-state index is -2.84. The fourth-order valence-electron chi connectivity index (χ4n) is 1.10. The molecule has 0 fully saturated rings. The maximum Gasteiger partial charge on any atom is 0.355 e. The average molecular weight is 217 g/mol. The molecule has 0 bridgehead atoms. The molecule has 1 heterocycles. The Kier molecular flexibility index (Phi) is 3.18. The zero-order chi connectivity index (χ0) is 11.6. The van der Waals surface area contributed by atoms with Gasteiger partial charge < -0.3 is 9.72 Å². The number of H-pyrrole nitrogens is 1. The Balaban J connectivity index is 3.41. The number of aromatic amines is 1. The van der Waals surface area contributed by atoms with Crippen LogP contribution in [-0.4, -0.2) is 18.1 Å². The molecule has 82 valence electrons. The molecule has 0 aromatic carbocycles. The first-order chi connectivity index (χ1) is 6.97. The van der Waals surface area contributed by atoms with E-state index in [-0.39, 0.29) is 5.56 Å². The van der Waals surface area contributed by atoms with Crippen LogP contribution in [0.5, 0.6) is 0 Å². The van der Waals surface area contributed by atoms with Crippen LogP contribution in [0.25, 0.3) is 0 Å². The van der Waals surface area contributed by atoms with Crippen LogP contribution >= 0.6 is 0 Å². The molecule has 0 radical (unpaired) electrons. The predicted molar refractivity (Wildman–Crippen MR) is 48.1 cm³/mol. The molecule has 1 aromatic rings. The zero-order valence-electron chi connectivity index (χ0n) is 8.14. The largest absolute Gasteiger partial charge is 0.464 e. The van der Waals surface area contributed by atoms with Crippen molar-refractivity contribution in [2.24, 2.45) is 0 Å². The van der Waals surface area contributed by atoms with Gasteiger partial charge >= 0.3 is 5.97 Å². The number of hydrogen-bond donors (Lipinski definition) is 1. The lowest BCUT2D eigenvalue weighted by Gasteiger charge is -2.07. The first kappa shape index (κ1) is 11.4. The molecular weight excluding hydrogens is 208 g/mol. The monoisotopic (exact) mass is 217 g/mol. The molecule has 6 heteroatoms. The Morgan fingerprint density at radius 1 is 1.53 bits per heavy atom. The van der Waals surface area contributed by atoms with Crippen LogP contribution in [0.3, 0.4) is 0 Å². The normalized spacial score (nSPS) is 10.5. The van der Waals surface area contributed by atoms with Crippen LogP contribution < -0.4 is 5.56 Å². The lowest BCUT2D eigenvalue weighted by molar-refractivity contribution is 0.0581. The number of carbonyl (C=O) groups is 1. The van der Waals surface area contributed by atoms with E-state index in [4.69, 9.17) is 0 Å². The maximum absolute atomic E-state index is 12.5. The van der Waals surface area contributed by atoms with Crippen molar-refractivity contribution >= 4 is 5.97 Å². The molecule has 15 heavy (non-hydrogen) atoms. The fraction of sp³-hybridized carbons (Fsp3) is 0.333. The molecule has 0 spiro atoms. The third-order valence-corrected chi connectivity index (χ3v) is 1.88. The molecule has 0 unspecified atom stereocenters. The molecule has 0 amide bonds. The van der Waals surface area contributed by atoms with Gasteiger partial charge in [0.15, 0.2) is 0 Å². The highest BCUT2D eigenvalue weighted by atomic mass is 19.3. The molecule has 0 aliphatic rings. The van der Waals surface area contributed by atoms with Crippen LogP contribution in [-0.2, 0) is 4.74 Å². The summed E-state index contributed by atoms with van der Waals surface area (Å²) >= 11 is 0. The molecular formula is C9H9F2NO3. The van der Waals surface area contributed by atoms with E-state index in [1.54, 1.807) is 0 Å². The highest BCUT2D eigenvalue weighted by Crippen LogP contribution is 2.21. The summed E-state index contributed by atoms with van der Waals surface area (Å²) in [4.78, 5) is 24.3. The Morgan fingerprint density at radius 3 is 2.60 bits per heavy atom. The smallest absolute Gasteiger partial charge is 0.355 e. The fourth-order valence-corrected chi connectivity index (χ4v) is 1.10. The van der Waals surface area contributed by atoms with E-state index in [1.807, 2.05) is 0 Å². The van der Waals surface area contributed by atoms with Gasteiger partial charge in [0.05, 0.1) is 7.11 Å². The number of rotatable bonds is 2. The number of methoxy groups -OCH3 is 1. The highest BCUT2D eigenvalue weighted by Gasteiger charge is 2.20. The number of aryl methyl sites for hydroxylation is 1. The van der Waals surface area contributed by atoms with E-state index >= 15 is 0 Å². The second-order valence-corrected chi connectivity index (χ2v) is 2.90. The SMILES string of the molecule is COC(=O)c1[nH]c(=O)c(C)cc1C(F)F. The van der Waals surface area contributed by atoms with E-state index in [9.17, 15) is 18.4 Å². The van der Waals surface area contributed by atoms with Crippen molar-refractivity contribution in [3.05, 3.63) is 33.2 Å². The summed E-state index contributed by atoms with van der Waals surface area (Å²) in [5.74, 6) is -0.984. The van der Waals surface area contributed by atoms with Crippen molar-refractivity contribution in [1.29, 1.82) is 0 Å². The number of carbonyl (C=O) groups excluding carboxylic acids is 1. The third-order valence-electron chi connectivity index (χ3n) is 1.88. The zero-order valence-corrected chi connectivity index (χ0v) is 8.14. The maximum atomic E-state index is 12.5. The Morgan fingerprint density at radius 2 is 2.13 bits per heavy atom. The number of pyridine rings is 1. The summed E-state index contributed by atoms with van der Waals surface area (Å²) in [5, 5.41) is 0. The minimum absolute atomic E-state index is 0.123. The van der Waals surface area contributed by atoms with Gasteiger partial charge in [-0.05, 0) is 13.0 Å². The first-order valence-corrected chi connectivity index (χ1v) is 4.07. The van der Waals surface area contributed by atoms with Gasteiger partial charge in [-0.15, -0.1) is 0 Å². The van der Waals surface area contributed by atoms with E-state index in [0.29, 0.717) is 0 Å². The molecule has 1 N–H and O–H groups in total. The van der Waals surface area contributed by atoms with Crippen LogP contribution in [0.1, 0.15) is 28.0 Å². The summed E-state index contributed by atoms with van der Waals surface area (Å²) in [7, 11) is 1.05. The van der Waals surface area contributed by atoms with Gasteiger partial charge in [0.2, 0.25) is 0 Å². The van der Waals surface area contributed by atoms with Gasteiger partial charge in [0.1, 0.15) is 5.69 Å². The van der Waals surface area contributed by atoms with E-state index < -0.39 is 29.2 Å². The van der Waals surface area contributed by atoms with E-state index in [2.05, 4.69) is 9.72 Å². The summed E-state index contributed by atoms with van der Waals surface area (Å²) in [5.41, 5.74) is -1.49. The van der Waals surface area contributed by atoms with Crippen LogP contribution in [0.15, 0.2) is 10.9 Å². The molecule has 0 saturated carbocycles. The number of aromatic nitrogens is 1. The Labute approximate surface area is 83.9 Å². The molecule has 0 aliphatic carbocycles. The van der Waals surface area contributed by atoms with Crippen molar-refractivity contribution in [2.45, 2.75) is 13.3 Å². The first-order valence-electron chi connectivity index (χ1n) is 4.07. The Hall–Kier alpha value is -1.72. The Bertz CT molecular complexity index is 439. The van der Waals surface area contributed by atoms with Gasteiger partial charge in [-0.1, -0.05) is 0 Å². The van der Waals surface area contributed by atoms with Crippen molar-refractivity contribution in [1.82, 2.24) is 4.98 Å². The summed E-state index contributed by atoms with van der Waals surface area (Å²) in [6, 6.07) is 0.982. The molecule has 0 saturated heterocycles. The van der Waals surface area contributed by atoms with Crippen molar-refractivity contribution < 1.29 is 18.3 Å². The van der Waals surface area contributed by atoms with Crippen molar-refractivity contribution in [3.8, 4) is 0 Å². The second kappa shape index (κ2) is 4.20. The van der Waals surface area contributed by atoms with Crippen LogP contribution in [0.4, 0.5) is 8.78 Å². The second-order valence-electron chi connectivity index (χ2n) is 2.90. The summed E-state index contributed by atoms with van der Waals surface area (Å²) < 4.78 is 29.3. The molecule has 1 rings (SSSR count). The van der Waals surface area contributed by atoms with Crippen molar-refractivity contribution in [2.75, 3.05) is 7.11 Å². The number of esters is 1. The van der Waals surface area contributed by atoms with E-state index in [1.165, 1.54) is 6.92 Å². The number of nitrogens with one attached hydrogen (secondary N) is 1.